The van der Waals surface area contributed by atoms with Crippen LogP contribution in [0.2, 0.25) is 0 Å². The Hall–Kier alpha value is -0.650. The highest BCUT2D eigenvalue weighted by Gasteiger charge is 1.94. The highest BCUT2D eigenvalue weighted by Crippen LogP contribution is 2.22. The second kappa shape index (κ2) is 4.39. The van der Waals surface area contributed by atoms with Gasteiger partial charge >= 0.3 is 0 Å². The van der Waals surface area contributed by atoms with Crippen molar-refractivity contribution in [3.05, 3.63) is 26.9 Å². The molecule has 0 atom stereocenters. The van der Waals surface area contributed by atoms with Gasteiger partial charge in [-0.1, -0.05) is 0 Å². The molecule has 1 aromatic rings. The molecule has 5 heteroatoms. The van der Waals surface area contributed by atoms with E-state index in [0.717, 1.165) is 8.66 Å². The second-order valence-electron chi connectivity index (χ2n) is 1.95. The van der Waals surface area contributed by atoms with E-state index in [1.165, 1.54) is 22.9 Å². The lowest BCUT2D eigenvalue weighted by atomic mass is 10.4. The molecule has 1 amide bonds. The number of halogens is 1. The van der Waals surface area contributed by atoms with Crippen molar-refractivity contribution in [2.24, 2.45) is 0 Å². The van der Waals surface area contributed by atoms with Crippen molar-refractivity contribution in [2.75, 3.05) is 0 Å². The van der Waals surface area contributed by atoms with E-state index >= 15 is 0 Å². The third-order valence-electron chi connectivity index (χ3n) is 1.10. The number of hydrogen-bond acceptors (Lipinski definition) is 3. The van der Waals surface area contributed by atoms with Gasteiger partial charge in [-0.3, -0.25) is 10.0 Å². The highest BCUT2D eigenvalue weighted by molar-refractivity contribution is 9.11. The van der Waals surface area contributed by atoms with E-state index in [4.69, 9.17) is 5.21 Å². The van der Waals surface area contributed by atoms with Crippen LogP contribution in [0.15, 0.2) is 22.0 Å². The largest absolute Gasteiger partial charge is 0.288 e. The molecule has 12 heavy (non-hydrogen) atoms. The van der Waals surface area contributed by atoms with E-state index in [0.29, 0.717) is 0 Å². The molecule has 0 bridgehead atoms. The minimum Gasteiger partial charge on any atom is -0.288 e. The van der Waals surface area contributed by atoms with E-state index in [-0.39, 0.29) is 0 Å². The summed E-state index contributed by atoms with van der Waals surface area (Å²) in [4.78, 5) is 11.5. The lowest BCUT2D eigenvalue weighted by molar-refractivity contribution is -0.124. The molecule has 0 unspecified atom stereocenters. The Morgan fingerprint density at radius 1 is 1.67 bits per heavy atom. The number of hydrogen-bond donors (Lipinski definition) is 2. The molecule has 0 saturated heterocycles. The van der Waals surface area contributed by atoms with Crippen molar-refractivity contribution in [3.63, 3.8) is 0 Å². The summed E-state index contributed by atoms with van der Waals surface area (Å²) >= 11 is 4.80. The van der Waals surface area contributed by atoms with Gasteiger partial charge in [-0.25, -0.2) is 5.48 Å². The first-order valence-electron chi connectivity index (χ1n) is 3.10. The molecule has 0 aliphatic heterocycles. The molecule has 1 aromatic heterocycles. The van der Waals surface area contributed by atoms with Gasteiger partial charge in [0.25, 0.3) is 5.91 Å². The van der Waals surface area contributed by atoms with Gasteiger partial charge in [-0.2, -0.15) is 0 Å². The van der Waals surface area contributed by atoms with E-state index in [9.17, 15) is 4.79 Å². The molecule has 64 valence electrons. The molecular formula is C7H6BrNO2S. The van der Waals surface area contributed by atoms with Crippen molar-refractivity contribution in [1.29, 1.82) is 0 Å². The maximum absolute atomic E-state index is 10.5. The first kappa shape index (κ1) is 9.44. The third kappa shape index (κ3) is 2.77. The van der Waals surface area contributed by atoms with Crippen LogP contribution < -0.4 is 5.48 Å². The molecule has 0 spiro atoms. The van der Waals surface area contributed by atoms with Crippen LogP contribution in [0, 0.1) is 0 Å². The summed E-state index contributed by atoms with van der Waals surface area (Å²) in [5, 5.41) is 8.16. The van der Waals surface area contributed by atoms with E-state index < -0.39 is 5.91 Å². The molecule has 1 heterocycles. The van der Waals surface area contributed by atoms with Crippen LogP contribution in [0.4, 0.5) is 0 Å². The summed E-state index contributed by atoms with van der Waals surface area (Å²) in [5.41, 5.74) is 1.51. The van der Waals surface area contributed by atoms with Crippen molar-refractivity contribution >= 4 is 39.2 Å². The number of hydroxylamine groups is 1. The van der Waals surface area contributed by atoms with Crippen LogP contribution >= 0.6 is 27.3 Å². The van der Waals surface area contributed by atoms with E-state index in [1.807, 2.05) is 12.1 Å². The van der Waals surface area contributed by atoms with Gasteiger partial charge in [0, 0.05) is 11.0 Å². The number of carbonyl (C=O) groups excluding carboxylic acids is 1. The zero-order chi connectivity index (χ0) is 8.97. The minimum absolute atomic E-state index is 0.528. The van der Waals surface area contributed by atoms with Gasteiger partial charge in [-0.05, 0) is 34.1 Å². The summed E-state index contributed by atoms with van der Waals surface area (Å²) in [6.07, 6.45) is 2.89. The zero-order valence-corrected chi connectivity index (χ0v) is 8.35. The Morgan fingerprint density at radius 2 is 2.42 bits per heavy atom. The Labute approximate surface area is 81.8 Å². The smallest absolute Gasteiger partial charge is 0.267 e. The SMILES string of the molecule is O=C(/C=C/c1ccc(Br)s1)NO. The minimum atomic E-state index is -0.528. The van der Waals surface area contributed by atoms with Crippen LogP contribution in [-0.4, -0.2) is 11.1 Å². The van der Waals surface area contributed by atoms with Crippen molar-refractivity contribution in [2.45, 2.75) is 0 Å². The van der Waals surface area contributed by atoms with Crippen molar-refractivity contribution < 1.29 is 10.0 Å². The van der Waals surface area contributed by atoms with Gasteiger partial charge < -0.3 is 0 Å². The maximum atomic E-state index is 10.5. The monoisotopic (exact) mass is 247 g/mol. The van der Waals surface area contributed by atoms with Crippen LogP contribution in [-0.2, 0) is 4.79 Å². The van der Waals surface area contributed by atoms with E-state index in [1.54, 1.807) is 6.08 Å². The van der Waals surface area contributed by atoms with Gasteiger partial charge in [0.1, 0.15) is 0 Å². The zero-order valence-electron chi connectivity index (χ0n) is 5.95. The second-order valence-corrected chi connectivity index (χ2v) is 4.45. The summed E-state index contributed by atoms with van der Waals surface area (Å²) in [6, 6.07) is 3.76. The van der Waals surface area contributed by atoms with Gasteiger partial charge in [0.2, 0.25) is 0 Å². The topological polar surface area (TPSA) is 49.3 Å². The number of thiophene rings is 1. The standard InChI is InChI=1S/C7H6BrNO2S/c8-6-3-1-5(12-6)2-4-7(10)9-11/h1-4,11H,(H,9,10)/b4-2+. The Kier molecular flexibility index (Phi) is 3.46. The summed E-state index contributed by atoms with van der Waals surface area (Å²) < 4.78 is 1.01. The van der Waals surface area contributed by atoms with Crippen LogP contribution in [0.5, 0.6) is 0 Å². The first-order valence-corrected chi connectivity index (χ1v) is 4.71. The molecule has 3 nitrogen and oxygen atoms in total. The number of amides is 1. The molecule has 0 aliphatic rings. The lowest BCUT2D eigenvalue weighted by Gasteiger charge is -1.86. The maximum Gasteiger partial charge on any atom is 0.267 e. The van der Waals surface area contributed by atoms with Crippen molar-refractivity contribution in [3.8, 4) is 0 Å². The molecule has 0 aliphatic carbocycles. The first-order chi connectivity index (χ1) is 5.72. The van der Waals surface area contributed by atoms with Gasteiger partial charge in [0.15, 0.2) is 0 Å². The van der Waals surface area contributed by atoms with Crippen LogP contribution in [0.3, 0.4) is 0 Å². The van der Waals surface area contributed by atoms with Crippen molar-refractivity contribution in [1.82, 2.24) is 5.48 Å². The van der Waals surface area contributed by atoms with Gasteiger partial charge in [-0.15, -0.1) is 11.3 Å². The van der Waals surface area contributed by atoms with E-state index in [2.05, 4.69) is 15.9 Å². The number of carbonyl (C=O) groups is 1. The molecule has 0 radical (unpaired) electrons. The molecule has 0 fully saturated rings. The molecular weight excluding hydrogens is 242 g/mol. The Bertz CT molecular complexity index is 308. The third-order valence-corrected chi connectivity index (χ3v) is 2.69. The highest BCUT2D eigenvalue weighted by atomic mass is 79.9. The fourth-order valence-corrected chi connectivity index (χ4v) is 1.94. The quantitative estimate of drug-likeness (QED) is 0.478. The molecule has 1 rings (SSSR count). The molecule has 0 aromatic carbocycles. The fourth-order valence-electron chi connectivity index (χ4n) is 0.613. The van der Waals surface area contributed by atoms with Crippen LogP contribution in [0.25, 0.3) is 6.08 Å². The summed E-state index contributed by atoms with van der Waals surface area (Å²) in [7, 11) is 0. The summed E-state index contributed by atoms with van der Waals surface area (Å²) in [6.45, 7) is 0. The number of rotatable bonds is 2. The van der Waals surface area contributed by atoms with Gasteiger partial charge in [0.05, 0.1) is 3.79 Å². The molecule has 0 saturated carbocycles. The Morgan fingerprint density at radius 3 is 2.92 bits per heavy atom. The number of nitrogens with one attached hydrogen (secondary N) is 1. The molecule has 2 N–H and O–H groups in total. The summed E-state index contributed by atoms with van der Waals surface area (Å²) in [5.74, 6) is -0.528. The predicted molar refractivity (Wildman–Crippen MR) is 51.0 cm³/mol. The average Bonchev–Trinajstić information content (AvgIpc) is 2.47. The lowest BCUT2D eigenvalue weighted by Crippen LogP contribution is -2.14. The Balaban J connectivity index is 2.63. The normalized spacial score (nSPS) is 10.5. The van der Waals surface area contributed by atoms with Crippen LogP contribution in [0.1, 0.15) is 4.88 Å². The average molecular weight is 248 g/mol. The predicted octanol–water partition coefficient (Wildman–Crippen LogP) is 2.03. The fraction of sp³-hybridized carbons (Fsp3) is 0.